The number of esters is 2. The monoisotopic (exact) mass is 571 g/mol. The zero-order valence-corrected chi connectivity index (χ0v) is 24.7. The van der Waals surface area contributed by atoms with E-state index in [-0.39, 0.29) is 30.3 Å². The maximum absolute atomic E-state index is 13.5. The molecule has 0 spiro atoms. The predicted molar refractivity (Wildman–Crippen MR) is 152 cm³/mol. The van der Waals surface area contributed by atoms with Crippen LogP contribution in [0.25, 0.3) is 0 Å². The molecule has 11 heteroatoms. The van der Waals surface area contributed by atoms with Crippen LogP contribution in [0.5, 0.6) is 11.5 Å². The zero-order chi connectivity index (χ0) is 29.0. The first-order valence-corrected chi connectivity index (χ1v) is 14.4. The van der Waals surface area contributed by atoms with Crippen LogP contribution in [0.2, 0.25) is 0 Å². The number of hydrogen-bond donors (Lipinski definition) is 0. The predicted octanol–water partition coefficient (Wildman–Crippen LogP) is 4.42. The number of piperidine rings is 1. The number of allylic oxidation sites excluding steroid dienone is 1. The highest BCUT2D eigenvalue weighted by Gasteiger charge is 2.42. The third-order valence-corrected chi connectivity index (χ3v) is 7.87. The summed E-state index contributed by atoms with van der Waals surface area (Å²) in [4.78, 5) is 47.7. The fourth-order valence-corrected chi connectivity index (χ4v) is 6.10. The Bertz CT molecular complexity index is 1230. The molecule has 216 valence electrons. The number of aliphatic imine (C=N–C) groups is 1. The number of carbonyl (C=O) groups excluding carboxylic acids is 3. The maximum Gasteiger partial charge on any atom is 0.338 e. The van der Waals surface area contributed by atoms with Gasteiger partial charge in [0.2, 0.25) is 5.91 Å². The summed E-state index contributed by atoms with van der Waals surface area (Å²) >= 11 is 1.41. The third kappa shape index (κ3) is 6.29. The van der Waals surface area contributed by atoms with Gasteiger partial charge in [-0.25, -0.2) is 9.79 Å². The lowest BCUT2D eigenvalue weighted by Crippen LogP contribution is -2.44. The first-order chi connectivity index (χ1) is 19.2. The van der Waals surface area contributed by atoms with Crippen molar-refractivity contribution in [3.05, 3.63) is 46.1 Å². The SMILES string of the molecule is CCOC(=O)[C@H]1CCCN(C(=O)CC2=CSC3=NC(C)=C(C(=O)OC(C)C)[C@H](c4cc(OC)cc(OC)c4)N23)C1. The smallest absolute Gasteiger partial charge is 0.338 e. The Kier molecular flexibility index (Phi) is 9.44. The first kappa shape index (κ1) is 29.5. The molecule has 0 radical (unpaired) electrons. The van der Waals surface area contributed by atoms with Gasteiger partial charge in [-0.3, -0.25) is 9.59 Å². The van der Waals surface area contributed by atoms with Crippen LogP contribution >= 0.6 is 11.8 Å². The molecule has 1 fully saturated rings. The zero-order valence-electron chi connectivity index (χ0n) is 23.9. The summed E-state index contributed by atoms with van der Waals surface area (Å²) in [5.74, 6) is -0.0165. The summed E-state index contributed by atoms with van der Waals surface area (Å²) in [6, 6.07) is 4.84. The van der Waals surface area contributed by atoms with Gasteiger partial charge < -0.3 is 28.7 Å². The van der Waals surface area contributed by atoms with Crippen LogP contribution in [0.3, 0.4) is 0 Å². The second-order valence-corrected chi connectivity index (χ2v) is 10.9. The molecule has 1 amide bonds. The van der Waals surface area contributed by atoms with Crippen molar-refractivity contribution in [3.63, 3.8) is 0 Å². The molecule has 0 unspecified atom stereocenters. The number of amides is 1. The van der Waals surface area contributed by atoms with Crippen LogP contribution in [0.1, 0.15) is 58.6 Å². The molecule has 0 saturated carbocycles. The van der Waals surface area contributed by atoms with Gasteiger partial charge in [0, 0.05) is 24.9 Å². The molecule has 2 atom stereocenters. The highest BCUT2D eigenvalue weighted by molar-refractivity contribution is 8.16. The second-order valence-electron chi connectivity index (χ2n) is 10.1. The van der Waals surface area contributed by atoms with Gasteiger partial charge >= 0.3 is 11.9 Å². The fourth-order valence-electron chi connectivity index (χ4n) is 5.13. The average molecular weight is 572 g/mol. The van der Waals surface area contributed by atoms with Gasteiger partial charge in [0.1, 0.15) is 11.5 Å². The van der Waals surface area contributed by atoms with E-state index in [9.17, 15) is 14.4 Å². The number of likely N-dealkylation sites (tertiary alicyclic amines) is 1. The van der Waals surface area contributed by atoms with Gasteiger partial charge in [-0.2, -0.15) is 0 Å². The molecule has 0 bridgehead atoms. The number of methoxy groups -OCH3 is 2. The lowest BCUT2D eigenvalue weighted by molar-refractivity contribution is -0.151. The number of thioether (sulfide) groups is 1. The normalized spacial score (nSPS) is 20.6. The topological polar surface area (TPSA) is 107 Å². The van der Waals surface area contributed by atoms with Crippen LogP contribution in [-0.2, 0) is 23.9 Å². The highest BCUT2D eigenvalue weighted by Crippen LogP contribution is 2.46. The Hall–Kier alpha value is -3.47. The van der Waals surface area contributed by atoms with Crippen molar-refractivity contribution in [3.8, 4) is 11.5 Å². The lowest BCUT2D eigenvalue weighted by atomic mass is 9.93. The molecule has 1 aromatic carbocycles. The van der Waals surface area contributed by atoms with Gasteiger partial charge in [-0.05, 0) is 63.6 Å². The van der Waals surface area contributed by atoms with Crippen molar-refractivity contribution in [2.45, 2.75) is 59.1 Å². The van der Waals surface area contributed by atoms with Crippen LogP contribution in [-0.4, -0.2) is 72.8 Å². The van der Waals surface area contributed by atoms with Gasteiger partial charge in [-0.1, -0.05) is 11.8 Å². The Balaban J connectivity index is 1.67. The molecule has 0 N–H and O–H groups in total. The Morgan fingerprint density at radius 1 is 1.12 bits per heavy atom. The van der Waals surface area contributed by atoms with Crippen molar-refractivity contribution in [1.29, 1.82) is 0 Å². The van der Waals surface area contributed by atoms with E-state index in [1.54, 1.807) is 52.9 Å². The lowest BCUT2D eigenvalue weighted by Gasteiger charge is -2.37. The molecule has 10 nitrogen and oxygen atoms in total. The van der Waals surface area contributed by atoms with Crippen molar-refractivity contribution in [2.75, 3.05) is 33.9 Å². The Morgan fingerprint density at radius 3 is 2.45 bits per heavy atom. The number of benzene rings is 1. The van der Waals surface area contributed by atoms with Crippen LogP contribution < -0.4 is 9.47 Å². The molecular weight excluding hydrogens is 534 g/mol. The van der Waals surface area contributed by atoms with Crippen molar-refractivity contribution in [2.24, 2.45) is 10.9 Å². The van der Waals surface area contributed by atoms with E-state index in [1.807, 2.05) is 22.4 Å². The number of carbonyl (C=O) groups is 3. The van der Waals surface area contributed by atoms with E-state index in [0.717, 1.165) is 12.0 Å². The largest absolute Gasteiger partial charge is 0.497 e. The van der Waals surface area contributed by atoms with Crippen molar-refractivity contribution in [1.82, 2.24) is 9.80 Å². The number of nitrogens with zero attached hydrogens (tertiary/aromatic N) is 3. The number of fused-ring (bicyclic) bond motifs is 1. The molecule has 1 saturated heterocycles. The molecule has 3 aliphatic rings. The van der Waals surface area contributed by atoms with E-state index < -0.39 is 12.0 Å². The Morgan fingerprint density at radius 2 is 1.82 bits per heavy atom. The molecule has 0 aliphatic carbocycles. The van der Waals surface area contributed by atoms with E-state index in [4.69, 9.17) is 23.9 Å². The quantitative estimate of drug-likeness (QED) is 0.398. The first-order valence-electron chi connectivity index (χ1n) is 13.5. The highest BCUT2D eigenvalue weighted by atomic mass is 32.2. The van der Waals surface area contributed by atoms with E-state index in [1.165, 1.54) is 11.8 Å². The van der Waals surface area contributed by atoms with Crippen LogP contribution in [0, 0.1) is 5.92 Å². The van der Waals surface area contributed by atoms with Crippen molar-refractivity contribution < 1.29 is 33.3 Å². The number of hydrogen-bond acceptors (Lipinski definition) is 10. The number of rotatable bonds is 9. The molecule has 1 aromatic rings. The average Bonchev–Trinajstić information content (AvgIpc) is 3.33. The fraction of sp³-hybridized carbons (Fsp3) is 0.517. The summed E-state index contributed by atoms with van der Waals surface area (Å²) in [6.45, 7) is 8.40. The summed E-state index contributed by atoms with van der Waals surface area (Å²) < 4.78 is 21.9. The van der Waals surface area contributed by atoms with Gasteiger partial charge in [0.05, 0.1) is 56.6 Å². The van der Waals surface area contributed by atoms with Crippen LogP contribution in [0.15, 0.2) is 45.6 Å². The summed E-state index contributed by atoms with van der Waals surface area (Å²) in [5.41, 5.74) is 2.38. The minimum absolute atomic E-state index is 0.0880. The minimum atomic E-state index is -0.620. The summed E-state index contributed by atoms with van der Waals surface area (Å²) in [5, 5.41) is 2.56. The standard InChI is InChI=1S/C29H37N3O7S/c1-7-38-27(34)19-9-8-10-31(15-19)24(33)13-21-16-40-29-30-18(4)25(28(35)39-17(2)3)26(32(21)29)20-11-22(36-5)14-23(12-20)37-6/h11-12,14,16-17,19,26H,7-10,13,15H2,1-6H3/t19-,26-/m0/s1. The molecule has 0 aromatic heterocycles. The van der Waals surface area contributed by atoms with E-state index in [0.29, 0.717) is 59.8 Å². The van der Waals surface area contributed by atoms with Gasteiger partial charge in [0.15, 0.2) is 5.17 Å². The third-order valence-electron chi connectivity index (χ3n) is 6.98. The summed E-state index contributed by atoms with van der Waals surface area (Å²) in [6.07, 6.45) is 1.20. The van der Waals surface area contributed by atoms with E-state index >= 15 is 0 Å². The Labute approximate surface area is 239 Å². The molecule has 3 aliphatic heterocycles. The number of ether oxygens (including phenoxy) is 4. The summed E-state index contributed by atoms with van der Waals surface area (Å²) in [7, 11) is 3.14. The molecule has 3 heterocycles. The maximum atomic E-state index is 13.5. The van der Waals surface area contributed by atoms with Crippen LogP contribution in [0.4, 0.5) is 0 Å². The van der Waals surface area contributed by atoms with E-state index in [2.05, 4.69) is 0 Å². The number of amidine groups is 1. The molecule has 40 heavy (non-hydrogen) atoms. The molecular formula is C29H37N3O7S. The second kappa shape index (κ2) is 12.8. The minimum Gasteiger partial charge on any atom is -0.497 e. The van der Waals surface area contributed by atoms with Gasteiger partial charge in [0.25, 0.3) is 0 Å². The van der Waals surface area contributed by atoms with Gasteiger partial charge in [-0.15, -0.1) is 0 Å². The van der Waals surface area contributed by atoms with Crippen molar-refractivity contribution >= 4 is 34.8 Å². The molecule has 4 rings (SSSR count).